The summed E-state index contributed by atoms with van der Waals surface area (Å²) in [6.07, 6.45) is 0.867. The third-order valence-electron chi connectivity index (χ3n) is 3.38. The van der Waals surface area contributed by atoms with Crippen molar-refractivity contribution in [2.45, 2.75) is 13.3 Å². The van der Waals surface area contributed by atoms with Gasteiger partial charge >= 0.3 is 0 Å². The summed E-state index contributed by atoms with van der Waals surface area (Å²) in [7, 11) is 0. The molecule has 5 heteroatoms. The Morgan fingerprint density at radius 2 is 1.95 bits per heavy atom. The Labute approximate surface area is 124 Å². The molecule has 0 amide bonds. The predicted molar refractivity (Wildman–Crippen MR) is 83.0 cm³/mol. The molecule has 0 spiro atoms. The van der Waals surface area contributed by atoms with Crippen molar-refractivity contribution in [3.63, 3.8) is 0 Å². The highest BCUT2D eigenvalue weighted by Crippen LogP contribution is 2.30. The summed E-state index contributed by atoms with van der Waals surface area (Å²) in [5.41, 5.74) is 8.71. The van der Waals surface area contributed by atoms with Gasteiger partial charge in [0.1, 0.15) is 19.0 Å². The van der Waals surface area contributed by atoms with Crippen molar-refractivity contribution < 1.29 is 9.47 Å². The number of ether oxygens (including phenoxy) is 2. The molecule has 0 aliphatic carbocycles. The van der Waals surface area contributed by atoms with Crippen molar-refractivity contribution >= 4 is 11.5 Å². The zero-order valence-corrected chi connectivity index (χ0v) is 12.1. The van der Waals surface area contributed by atoms with Crippen LogP contribution in [-0.4, -0.2) is 24.7 Å². The van der Waals surface area contributed by atoms with Gasteiger partial charge in [-0.15, -0.1) is 0 Å². The summed E-state index contributed by atoms with van der Waals surface area (Å²) in [6, 6.07) is 9.82. The van der Waals surface area contributed by atoms with E-state index in [1.807, 2.05) is 31.2 Å². The van der Waals surface area contributed by atoms with Gasteiger partial charge in [0.25, 0.3) is 0 Å². The maximum atomic E-state index is 5.90. The molecule has 1 aliphatic rings. The third-order valence-corrected chi connectivity index (χ3v) is 3.38. The molecule has 3 N–H and O–H groups in total. The highest BCUT2D eigenvalue weighted by molar-refractivity contribution is 5.61. The molecule has 0 saturated carbocycles. The van der Waals surface area contributed by atoms with Crippen LogP contribution in [0.25, 0.3) is 0 Å². The molecule has 1 aliphatic heterocycles. The fraction of sp³-hybridized carbons (Fsp3) is 0.312. The highest BCUT2D eigenvalue weighted by atomic mass is 16.6. The first-order valence-electron chi connectivity index (χ1n) is 7.08. The van der Waals surface area contributed by atoms with Crippen LogP contribution in [0.5, 0.6) is 11.5 Å². The molecule has 2 aromatic rings. The van der Waals surface area contributed by atoms with Gasteiger partial charge in [-0.1, -0.05) is 6.07 Å². The van der Waals surface area contributed by atoms with Crippen molar-refractivity contribution in [2.75, 3.05) is 30.8 Å². The Morgan fingerprint density at radius 3 is 2.81 bits per heavy atom. The zero-order chi connectivity index (χ0) is 14.7. The van der Waals surface area contributed by atoms with E-state index in [2.05, 4.69) is 16.4 Å². The van der Waals surface area contributed by atoms with Gasteiger partial charge in [0.2, 0.25) is 0 Å². The van der Waals surface area contributed by atoms with Gasteiger partial charge in [-0.05, 0) is 43.2 Å². The number of nitrogen functional groups attached to an aromatic ring is 1. The first-order chi connectivity index (χ1) is 10.2. The van der Waals surface area contributed by atoms with E-state index >= 15 is 0 Å². The van der Waals surface area contributed by atoms with E-state index in [1.165, 1.54) is 5.56 Å². The second-order valence-electron chi connectivity index (χ2n) is 5.05. The van der Waals surface area contributed by atoms with Crippen molar-refractivity contribution in [2.24, 2.45) is 0 Å². The maximum absolute atomic E-state index is 5.90. The largest absolute Gasteiger partial charge is 0.486 e. The number of nitrogens with zero attached hydrogens (tertiary/aromatic N) is 1. The lowest BCUT2D eigenvalue weighted by Gasteiger charge is -2.19. The van der Waals surface area contributed by atoms with Gasteiger partial charge in [0.05, 0.1) is 5.69 Å². The molecular weight excluding hydrogens is 266 g/mol. The third kappa shape index (κ3) is 3.18. The van der Waals surface area contributed by atoms with Crippen molar-refractivity contribution in [3.05, 3.63) is 41.6 Å². The second-order valence-corrected chi connectivity index (χ2v) is 5.05. The van der Waals surface area contributed by atoms with Crippen LogP contribution in [0.2, 0.25) is 0 Å². The number of hydrogen-bond acceptors (Lipinski definition) is 5. The predicted octanol–water partition coefficient (Wildman–Crippen LogP) is 2.40. The number of fused-ring (bicyclic) bond motifs is 1. The minimum absolute atomic E-state index is 0.610. The Balaban J connectivity index is 1.61. The average Bonchev–Trinajstić information content (AvgIpc) is 2.50. The smallest absolute Gasteiger partial charge is 0.161 e. The van der Waals surface area contributed by atoms with Gasteiger partial charge in [-0.2, -0.15) is 0 Å². The maximum Gasteiger partial charge on any atom is 0.161 e. The van der Waals surface area contributed by atoms with Crippen LogP contribution in [0.4, 0.5) is 11.5 Å². The van der Waals surface area contributed by atoms with Crippen molar-refractivity contribution in [1.29, 1.82) is 0 Å². The van der Waals surface area contributed by atoms with E-state index in [-0.39, 0.29) is 0 Å². The lowest BCUT2D eigenvalue weighted by molar-refractivity contribution is 0.171. The van der Waals surface area contributed by atoms with E-state index in [4.69, 9.17) is 15.2 Å². The minimum atomic E-state index is 0.610. The fourth-order valence-corrected chi connectivity index (χ4v) is 2.28. The van der Waals surface area contributed by atoms with Crippen LogP contribution in [0, 0.1) is 6.92 Å². The number of hydrogen-bond donors (Lipinski definition) is 2. The van der Waals surface area contributed by atoms with Gasteiger partial charge in [-0.3, -0.25) is 0 Å². The summed E-state index contributed by atoms with van der Waals surface area (Å²) in [5.74, 6) is 2.39. The molecule has 0 radical (unpaired) electrons. The Kier molecular flexibility index (Phi) is 3.81. The lowest BCUT2D eigenvalue weighted by Crippen LogP contribution is -2.15. The number of pyridine rings is 1. The van der Waals surface area contributed by atoms with Crippen LogP contribution < -0.4 is 20.5 Å². The zero-order valence-electron chi connectivity index (χ0n) is 12.1. The lowest BCUT2D eigenvalue weighted by atomic mass is 10.1. The Bertz CT molecular complexity index is 643. The molecule has 0 fully saturated rings. The molecule has 0 atom stereocenters. The van der Waals surface area contributed by atoms with Gasteiger partial charge in [0, 0.05) is 12.2 Å². The normalized spacial score (nSPS) is 13.0. The second kappa shape index (κ2) is 5.91. The minimum Gasteiger partial charge on any atom is -0.486 e. The fourth-order valence-electron chi connectivity index (χ4n) is 2.28. The summed E-state index contributed by atoms with van der Waals surface area (Å²) in [6.45, 7) is 3.94. The van der Waals surface area contributed by atoms with Crippen molar-refractivity contribution in [3.8, 4) is 11.5 Å². The van der Waals surface area contributed by atoms with Gasteiger partial charge in [0.15, 0.2) is 11.5 Å². The summed E-state index contributed by atoms with van der Waals surface area (Å²) in [4.78, 5) is 4.39. The molecule has 0 saturated heterocycles. The molecule has 1 aromatic carbocycles. The number of rotatable bonds is 4. The average molecular weight is 285 g/mol. The van der Waals surface area contributed by atoms with Gasteiger partial charge < -0.3 is 20.5 Å². The number of aromatic nitrogens is 1. The summed E-state index contributed by atoms with van der Waals surface area (Å²) in [5, 5.41) is 3.27. The van der Waals surface area contributed by atoms with Crippen LogP contribution >= 0.6 is 0 Å². The molecule has 110 valence electrons. The van der Waals surface area contributed by atoms with E-state index in [0.29, 0.717) is 18.9 Å². The SMILES string of the molecule is Cc1ccc(N)c(NCCc2ccc3c(c2)OCCO3)n1. The number of anilines is 2. The van der Waals surface area contributed by atoms with E-state index < -0.39 is 0 Å². The number of aryl methyl sites for hydroxylation is 1. The summed E-state index contributed by atoms with van der Waals surface area (Å²) >= 11 is 0. The van der Waals surface area contributed by atoms with Crippen LogP contribution in [-0.2, 0) is 6.42 Å². The molecule has 0 bridgehead atoms. The van der Waals surface area contributed by atoms with Crippen LogP contribution in [0.15, 0.2) is 30.3 Å². The highest BCUT2D eigenvalue weighted by Gasteiger charge is 2.11. The molecule has 0 unspecified atom stereocenters. The Hall–Kier alpha value is -2.43. The molecule has 3 rings (SSSR count). The molecule has 1 aromatic heterocycles. The number of nitrogens with two attached hydrogens (primary N) is 1. The first kappa shape index (κ1) is 13.5. The molecule has 2 heterocycles. The van der Waals surface area contributed by atoms with E-state index in [1.54, 1.807) is 0 Å². The quantitative estimate of drug-likeness (QED) is 0.902. The standard InChI is InChI=1S/C16H19N3O2/c1-11-2-4-13(17)16(19-11)18-7-6-12-3-5-14-15(10-12)21-9-8-20-14/h2-5,10H,6-9,17H2,1H3,(H,18,19). The topological polar surface area (TPSA) is 69.4 Å². The monoisotopic (exact) mass is 285 g/mol. The van der Waals surface area contributed by atoms with Gasteiger partial charge in [-0.25, -0.2) is 4.98 Å². The first-order valence-corrected chi connectivity index (χ1v) is 7.08. The number of nitrogens with one attached hydrogen (secondary N) is 1. The molecular formula is C16H19N3O2. The summed E-state index contributed by atoms with van der Waals surface area (Å²) < 4.78 is 11.1. The van der Waals surface area contributed by atoms with E-state index in [0.717, 1.165) is 36.0 Å². The van der Waals surface area contributed by atoms with Crippen LogP contribution in [0.1, 0.15) is 11.3 Å². The molecule has 5 nitrogen and oxygen atoms in total. The van der Waals surface area contributed by atoms with E-state index in [9.17, 15) is 0 Å². The Morgan fingerprint density at radius 1 is 1.14 bits per heavy atom. The van der Waals surface area contributed by atoms with Crippen molar-refractivity contribution in [1.82, 2.24) is 4.98 Å². The van der Waals surface area contributed by atoms with Crippen LogP contribution in [0.3, 0.4) is 0 Å². The molecule has 21 heavy (non-hydrogen) atoms. The number of benzene rings is 1.